The smallest absolute Gasteiger partial charge is 0.428 e. The van der Waals surface area contributed by atoms with Gasteiger partial charge in [-0.25, -0.2) is 0 Å². The quantitative estimate of drug-likeness (QED) is 0.795. The molecule has 0 heterocycles. The van der Waals surface area contributed by atoms with Crippen LogP contribution in [0, 0.1) is 0 Å². The lowest BCUT2D eigenvalue weighted by Crippen LogP contribution is -2.33. The van der Waals surface area contributed by atoms with E-state index >= 15 is 0 Å². The van der Waals surface area contributed by atoms with Crippen molar-refractivity contribution < 1.29 is 27.4 Å². The number of aliphatic hydroxyl groups is 1. The van der Waals surface area contributed by atoms with Crippen molar-refractivity contribution in [3.63, 3.8) is 0 Å². The van der Waals surface area contributed by atoms with E-state index in [1.54, 1.807) is 0 Å². The summed E-state index contributed by atoms with van der Waals surface area (Å²) < 4.78 is 53.2. The van der Waals surface area contributed by atoms with Crippen LogP contribution in [-0.2, 0) is 0 Å². The second-order valence-electron chi connectivity index (χ2n) is 3.66. The lowest BCUT2D eigenvalue weighted by atomic mass is 10.1. The van der Waals surface area contributed by atoms with Gasteiger partial charge in [0.1, 0.15) is 5.75 Å². The molecule has 110 valence electrons. The molecule has 0 aliphatic rings. The van der Waals surface area contributed by atoms with Gasteiger partial charge in [0.15, 0.2) is 0 Å². The van der Waals surface area contributed by atoms with E-state index in [0.717, 1.165) is 12.1 Å². The molecule has 19 heavy (non-hydrogen) atoms. The fourth-order valence-electron chi connectivity index (χ4n) is 1.32. The first-order valence-electron chi connectivity index (χ1n) is 5.18. The molecule has 1 aromatic rings. The lowest BCUT2D eigenvalue weighted by molar-refractivity contribution is -0.253. The van der Waals surface area contributed by atoms with E-state index in [1.165, 1.54) is 12.1 Å². The SMILES string of the molecule is Cl.N[C@@H](CCO)c1cccc(OC(F)(F)C(F)F)c1. The molecule has 0 spiro atoms. The number of alkyl halides is 4. The number of benzene rings is 1. The molecule has 0 saturated carbocycles. The third-order valence-electron chi connectivity index (χ3n) is 2.23. The molecule has 0 aliphatic heterocycles. The Morgan fingerprint density at radius 1 is 1.32 bits per heavy atom. The van der Waals surface area contributed by atoms with Crippen LogP contribution in [0.3, 0.4) is 0 Å². The highest BCUT2D eigenvalue weighted by Gasteiger charge is 2.43. The first kappa shape index (κ1) is 17.9. The van der Waals surface area contributed by atoms with E-state index in [2.05, 4.69) is 4.74 Å². The molecule has 0 radical (unpaired) electrons. The van der Waals surface area contributed by atoms with Gasteiger partial charge in [-0.1, -0.05) is 12.1 Å². The van der Waals surface area contributed by atoms with Crippen molar-refractivity contribution >= 4 is 12.4 Å². The minimum Gasteiger partial charge on any atom is -0.428 e. The van der Waals surface area contributed by atoms with Crippen molar-refractivity contribution in [3.05, 3.63) is 29.8 Å². The summed E-state index contributed by atoms with van der Waals surface area (Å²) in [7, 11) is 0. The summed E-state index contributed by atoms with van der Waals surface area (Å²) in [5.41, 5.74) is 6.07. The van der Waals surface area contributed by atoms with Gasteiger partial charge < -0.3 is 15.6 Å². The Kier molecular flexibility index (Phi) is 7.10. The van der Waals surface area contributed by atoms with Crippen molar-refractivity contribution in [2.75, 3.05) is 6.61 Å². The predicted molar refractivity (Wildman–Crippen MR) is 63.9 cm³/mol. The second kappa shape index (κ2) is 7.52. The van der Waals surface area contributed by atoms with Gasteiger partial charge in [-0.15, -0.1) is 12.4 Å². The van der Waals surface area contributed by atoms with Crippen LogP contribution in [0.25, 0.3) is 0 Å². The van der Waals surface area contributed by atoms with Crippen LogP contribution in [0.2, 0.25) is 0 Å². The van der Waals surface area contributed by atoms with Crippen LogP contribution in [-0.4, -0.2) is 24.2 Å². The zero-order valence-electron chi connectivity index (χ0n) is 9.73. The number of ether oxygens (including phenoxy) is 1. The Balaban J connectivity index is 0.00000324. The minimum atomic E-state index is -4.54. The first-order valence-corrected chi connectivity index (χ1v) is 5.18. The molecular formula is C11H14ClF4NO2. The number of hydrogen-bond donors (Lipinski definition) is 2. The Hall–Kier alpha value is -1.05. The largest absolute Gasteiger partial charge is 0.461 e. The molecule has 0 fully saturated rings. The standard InChI is InChI=1S/C11H13F4NO2.ClH/c12-10(13)11(14,15)18-8-3-1-2-7(6-8)9(16)4-5-17;/h1-3,6,9-10,17H,4-5,16H2;1H/t9-;/m0./s1. The van der Waals surface area contributed by atoms with Crippen LogP contribution >= 0.6 is 12.4 Å². The van der Waals surface area contributed by atoms with Gasteiger partial charge in [-0.2, -0.15) is 17.6 Å². The van der Waals surface area contributed by atoms with E-state index < -0.39 is 24.3 Å². The van der Waals surface area contributed by atoms with Crippen LogP contribution in [0.15, 0.2) is 24.3 Å². The molecule has 0 aromatic heterocycles. The van der Waals surface area contributed by atoms with Gasteiger partial charge in [0.05, 0.1) is 0 Å². The van der Waals surface area contributed by atoms with Crippen molar-refractivity contribution in [2.24, 2.45) is 5.73 Å². The van der Waals surface area contributed by atoms with E-state index in [1.807, 2.05) is 0 Å². The highest BCUT2D eigenvalue weighted by molar-refractivity contribution is 5.85. The molecule has 0 aliphatic carbocycles. The molecular weight excluding hydrogens is 290 g/mol. The van der Waals surface area contributed by atoms with Crippen LogP contribution < -0.4 is 10.5 Å². The van der Waals surface area contributed by atoms with E-state index in [-0.39, 0.29) is 25.4 Å². The summed E-state index contributed by atoms with van der Waals surface area (Å²) in [6.45, 7) is -0.167. The third kappa shape index (κ3) is 5.22. The van der Waals surface area contributed by atoms with Crippen molar-refractivity contribution in [1.82, 2.24) is 0 Å². The van der Waals surface area contributed by atoms with Crippen LogP contribution in [0.4, 0.5) is 17.6 Å². The topological polar surface area (TPSA) is 55.5 Å². The molecule has 1 aromatic carbocycles. The highest BCUT2D eigenvalue weighted by Crippen LogP contribution is 2.29. The minimum absolute atomic E-state index is 0. The molecule has 0 amide bonds. The molecule has 1 rings (SSSR count). The van der Waals surface area contributed by atoms with Gasteiger partial charge in [-0.05, 0) is 24.1 Å². The molecule has 8 heteroatoms. The maximum Gasteiger partial charge on any atom is 0.461 e. The predicted octanol–water partition coefficient (Wildman–Crippen LogP) is 2.73. The van der Waals surface area contributed by atoms with Gasteiger partial charge in [0.25, 0.3) is 0 Å². The van der Waals surface area contributed by atoms with Gasteiger partial charge >= 0.3 is 12.5 Å². The Labute approximate surface area is 113 Å². The number of nitrogens with two attached hydrogens (primary N) is 1. The summed E-state index contributed by atoms with van der Waals surface area (Å²) in [6, 6.07) is 4.61. The van der Waals surface area contributed by atoms with Gasteiger partial charge in [0.2, 0.25) is 0 Å². The van der Waals surface area contributed by atoms with Crippen LogP contribution in [0.1, 0.15) is 18.0 Å². The summed E-state index contributed by atoms with van der Waals surface area (Å²) in [5, 5.41) is 8.70. The average Bonchev–Trinajstić information content (AvgIpc) is 2.29. The monoisotopic (exact) mass is 303 g/mol. The van der Waals surface area contributed by atoms with E-state index in [4.69, 9.17) is 10.8 Å². The molecule has 1 atom stereocenters. The summed E-state index contributed by atoms with van der Waals surface area (Å²) in [5.74, 6) is -0.397. The molecule has 0 bridgehead atoms. The maximum absolute atomic E-state index is 12.7. The number of halogens is 5. The van der Waals surface area contributed by atoms with Crippen molar-refractivity contribution in [3.8, 4) is 5.75 Å². The fraction of sp³-hybridized carbons (Fsp3) is 0.455. The summed E-state index contributed by atoms with van der Waals surface area (Å²) in [4.78, 5) is 0. The normalized spacial score (nSPS) is 13.0. The molecule has 0 unspecified atom stereocenters. The summed E-state index contributed by atoms with van der Waals surface area (Å²) in [6.07, 6.45) is -8.22. The Bertz CT molecular complexity index is 393. The van der Waals surface area contributed by atoms with Gasteiger partial charge in [-0.3, -0.25) is 0 Å². The number of aliphatic hydroxyl groups excluding tert-OH is 1. The fourth-order valence-corrected chi connectivity index (χ4v) is 1.32. The third-order valence-corrected chi connectivity index (χ3v) is 2.23. The van der Waals surface area contributed by atoms with Crippen LogP contribution in [0.5, 0.6) is 5.75 Å². The lowest BCUT2D eigenvalue weighted by Gasteiger charge is -2.18. The first-order chi connectivity index (χ1) is 8.36. The Morgan fingerprint density at radius 2 is 1.95 bits per heavy atom. The average molecular weight is 304 g/mol. The molecule has 0 saturated heterocycles. The molecule has 3 N–H and O–H groups in total. The molecule has 3 nitrogen and oxygen atoms in total. The number of hydrogen-bond acceptors (Lipinski definition) is 3. The zero-order valence-corrected chi connectivity index (χ0v) is 10.5. The Morgan fingerprint density at radius 3 is 2.47 bits per heavy atom. The second-order valence-corrected chi connectivity index (χ2v) is 3.66. The van der Waals surface area contributed by atoms with E-state index in [0.29, 0.717) is 5.56 Å². The number of rotatable bonds is 6. The van der Waals surface area contributed by atoms with Gasteiger partial charge in [0, 0.05) is 12.6 Å². The summed E-state index contributed by atoms with van der Waals surface area (Å²) >= 11 is 0. The zero-order chi connectivity index (χ0) is 13.8. The maximum atomic E-state index is 12.7. The van der Waals surface area contributed by atoms with Crippen molar-refractivity contribution in [2.45, 2.75) is 25.0 Å². The highest BCUT2D eigenvalue weighted by atomic mass is 35.5. The van der Waals surface area contributed by atoms with Crippen molar-refractivity contribution in [1.29, 1.82) is 0 Å². The van der Waals surface area contributed by atoms with E-state index in [9.17, 15) is 17.6 Å².